The number of amides is 1. The fraction of sp³-hybridized carbons (Fsp3) is 0.400. The molecular weight excluding hydrogens is 290 g/mol. The molecule has 0 aliphatic carbocycles. The summed E-state index contributed by atoms with van der Waals surface area (Å²) in [6, 6.07) is 7.46. The van der Waals surface area contributed by atoms with Crippen molar-refractivity contribution in [3.05, 3.63) is 35.9 Å². The summed E-state index contributed by atoms with van der Waals surface area (Å²) in [4.78, 5) is 37.1. The fourth-order valence-corrected chi connectivity index (χ4v) is 2.44. The Morgan fingerprint density at radius 1 is 1.14 bits per heavy atom. The maximum absolute atomic E-state index is 12.1. The van der Waals surface area contributed by atoms with Gasteiger partial charge in [0.1, 0.15) is 0 Å². The minimum absolute atomic E-state index is 0.465. The Kier molecular flexibility index (Phi) is 4.65. The van der Waals surface area contributed by atoms with E-state index >= 15 is 0 Å². The van der Waals surface area contributed by atoms with E-state index in [1.165, 1.54) is 12.0 Å². The first-order valence-electron chi connectivity index (χ1n) is 6.70. The highest BCUT2D eigenvalue weighted by molar-refractivity contribution is 5.93. The second-order valence-corrected chi connectivity index (χ2v) is 4.79. The van der Waals surface area contributed by atoms with E-state index in [1.807, 2.05) is 30.3 Å². The average Bonchev–Trinajstić information content (AvgIpc) is 2.90. The largest absolute Gasteiger partial charge is 0.467 e. The van der Waals surface area contributed by atoms with Crippen molar-refractivity contribution >= 4 is 18.0 Å². The van der Waals surface area contributed by atoms with Gasteiger partial charge in [0, 0.05) is 0 Å². The summed E-state index contributed by atoms with van der Waals surface area (Å²) in [7, 11) is 2.35. The lowest BCUT2D eigenvalue weighted by Gasteiger charge is -2.27. The Morgan fingerprint density at radius 3 is 2.27 bits per heavy atom. The second kappa shape index (κ2) is 6.46. The summed E-state index contributed by atoms with van der Waals surface area (Å²) < 4.78 is 14.3. The molecule has 1 aliphatic rings. The summed E-state index contributed by atoms with van der Waals surface area (Å²) in [5, 5.41) is 0. The van der Waals surface area contributed by atoms with Crippen LogP contribution in [0.25, 0.3) is 0 Å². The molecule has 1 aliphatic heterocycles. The first-order valence-corrected chi connectivity index (χ1v) is 6.70. The Balaban J connectivity index is 2.37. The highest BCUT2D eigenvalue weighted by Crippen LogP contribution is 2.31. The molecule has 0 N–H and O–H groups in total. The summed E-state index contributed by atoms with van der Waals surface area (Å²) >= 11 is 0. The molecule has 1 aromatic carbocycles. The predicted octanol–water partition coefficient (Wildman–Crippen LogP) is 1.28. The molecule has 0 bridgehead atoms. The van der Waals surface area contributed by atoms with Crippen molar-refractivity contribution in [2.24, 2.45) is 0 Å². The molecule has 1 aromatic rings. The number of esters is 2. The first kappa shape index (κ1) is 15.8. The van der Waals surface area contributed by atoms with Crippen molar-refractivity contribution in [1.82, 2.24) is 4.90 Å². The number of carbonyl (C=O) groups is 3. The van der Waals surface area contributed by atoms with Gasteiger partial charge in [-0.2, -0.15) is 0 Å². The smallest absolute Gasteiger partial charge is 0.412 e. The zero-order chi connectivity index (χ0) is 16.3. The monoisotopic (exact) mass is 307 g/mol. The number of rotatable bonds is 4. The van der Waals surface area contributed by atoms with Gasteiger partial charge in [0.2, 0.25) is 6.10 Å². The van der Waals surface area contributed by atoms with Gasteiger partial charge in [-0.1, -0.05) is 30.3 Å². The molecule has 1 heterocycles. The second-order valence-electron chi connectivity index (χ2n) is 4.79. The molecule has 7 heteroatoms. The summed E-state index contributed by atoms with van der Waals surface area (Å²) in [6.07, 6.45) is -2.10. The normalized spacial score (nSPS) is 22.0. The van der Waals surface area contributed by atoms with Crippen LogP contribution in [0.4, 0.5) is 4.79 Å². The van der Waals surface area contributed by atoms with Crippen LogP contribution in [-0.4, -0.2) is 49.3 Å². The zero-order valence-electron chi connectivity index (χ0n) is 12.5. The molecule has 0 spiro atoms. The van der Waals surface area contributed by atoms with Crippen LogP contribution in [-0.2, 0) is 23.8 Å². The first-order chi connectivity index (χ1) is 10.5. The molecule has 7 nitrogen and oxygen atoms in total. The molecule has 3 unspecified atom stereocenters. The van der Waals surface area contributed by atoms with E-state index in [9.17, 15) is 14.4 Å². The molecule has 2 rings (SSSR count). The number of ether oxygens (including phenoxy) is 3. The van der Waals surface area contributed by atoms with Crippen molar-refractivity contribution in [2.75, 3.05) is 14.2 Å². The number of cyclic esters (lactones) is 1. The van der Waals surface area contributed by atoms with Gasteiger partial charge < -0.3 is 14.2 Å². The van der Waals surface area contributed by atoms with Crippen molar-refractivity contribution in [3.8, 4) is 0 Å². The Bertz CT molecular complexity index is 573. The third-order valence-electron chi connectivity index (χ3n) is 3.60. The molecule has 118 valence electrons. The molecule has 22 heavy (non-hydrogen) atoms. The van der Waals surface area contributed by atoms with Crippen LogP contribution in [0.3, 0.4) is 0 Å². The molecule has 3 atom stereocenters. The number of hydrogen-bond acceptors (Lipinski definition) is 6. The Labute approximate surface area is 127 Å². The minimum atomic E-state index is -1.34. The van der Waals surface area contributed by atoms with Crippen molar-refractivity contribution < 1.29 is 28.6 Å². The number of methoxy groups -OCH3 is 2. The topological polar surface area (TPSA) is 82.1 Å². The van der Waals surface area contributed by atoms with E-state index in [0.29, 0.717) is 0 Å². The predicted molar refractivity (Wildman–Crippen MR) is 74.8 cm³/mol. The Hall–Kier alpha value is -2.57. The molecule has 0 aromatic heterocycles. The van der Waals surface area contributed by atoms with Crippen LogP contribution in [0.1, 0.15) is 18.5 Å². The van der Waals surface area contributed by atoms with Crippen LogP contribution in [0.2, 0.25) is 0 Å². The summed E-state index contributed by atoms with van der Waals surface area (Å²) in [6.45, 7) is 1.74. The van der Waals surface area contributed by atoms with Crippen LogP contribution in [0.15, 0.2) is 30.3 Å². The fourth-order valence-electron chi connectivity index (χ4n) is 2.44. The number of carbonyl (C=O) groups excluding carboxylic acids is 3. The zero-order valence-corrected chi connectivity index (χ0v) is 12.5. The van der Waals surface area contributed by atoms with Gasteiger partial charge in [0.15, 0.2) is 6.04 Å². The number of benzene rings is 1. The quantitative estimate of drug-likeness (QED) is 0.615. The van der Waals surface area contributed by atoms with Gasteiger partial charge in [-0.25, -0.2) is 14.4 Å². The van der Waals surface area contributed by atoms with Crippen LogP contribution < -0.4 is 0 Å². The molecule has 0 saturated carbocycles. The SMILES string of the molecule is COC(=O)C1OC(=O)N(C(C)c2ccccc2)C1C(=O)OC. The summed E-state index contributed by atoms with van der Waals surface area (Å²) in [5.74, 6) is -1.53. The minimum Gasteiger partial charge on any atom is -0.467 e. The molecule has 1 amide bonds. The van der Waals surface area contributed by atoms with Crippen molar-refractivity contribution in [3.63, 3.8) is 0 Å². The van der Waals surface area contributed by atoms with Crippen LogP contribution in [0, 0.1) is 0 Å². The number of nitrogens with zero attached hydrogens (tertiary/aromatic N) is 1. The van der Waals surface area contributed by atoms with Crippen LogP contribution in [0.5, 0.6) is 0 Å². The Morgan fingerprint density at radius 2 is 1.73 bits per heavy atom. The highest BCUT2D eigenvalue weighted by atomic mass is 16.6. The van der Waals surface area contributed by atoms with Gasteiger partial charge >= 0.3 is 18.0 Å². The lowest BCUT2D eigenvalue weighted by Crippen LogP contribution is -2.47. The van der Waals surface area contributed by atoms with Gasteiger partial charge in [0.25, 0.3) is 0 Å². The van der Waals surface area contributed by atoms with E-state index in [1.54, 1.807) is 6.92 Å². The lowest BCUT2D eigenvalue weighted by molar-refractivity contribution is -0.158. The lowest BCUT2D eigenvalue weighted by atomic mass is 10.0. The van der Waals surface area contributed by atoms with E-state index < -0.39 is 36.2 Å². The van der Waals surface area contributed by atoms with E-state index in [0.717, 1.165) is 12.7 Å². The molecule has 0 radical (unpaired) electrons. The highest BCUT2D eigenvalue weighted by Gasteiger charge is 2.53. The van der Waals surface area contributed by atoms with E-state index in [2.05, 4.69) is 4.74 Å². The van der Waals surface area contributed by atoms with Gasteiger partial charge in [0.05, 0.1) is 20.3 Å². The number of hydrogen-bond donors (Lipinski definition) is 0. The summed E-state index contributed by atoms with van der Waals surface area (Å²) in [5.41, 5.74) is 0.805. The molecular formula is C15H17NO6. The maximum Gasteiger partial charge on any atom is 0.412 e. The van der Waals surface area contributed by atoms with Crippen molar-refractivity contribution in [1.29, 1.82) is 0 Å². The molecule has 1 fully saturated rings. The third-order valence-corrected chi connectivity index (χ3v) is 3.60. The van der Waals surface area contributed by atoms with Crippen molar-refractivity contribution in [2.45, 2.75) is 25.1 Å². The maximum atomic E-state index is 12.1. The van der Waals surface area contributed by atoms with Gasteiger partial charge in [-0.05, 0) is 12.5 Å². The average molecular weight is 307 g/mol. The molecule has 1 saturated heterocycles. The van der Waals surface area contributed by atoms with E-state index in [-0.39, 0.29) is 0 Å². The van der Waals surface area contributed by atoms with Gasteiger partial charge in [-0.15, -0.1) is 0 Å². The van der Waals surface area contributed by atoms with Crippen LogP contribution >= 0.6 is 0 Å². The third kappa shape index (κ3) is 2.74. The standard InChI is InChI=1S/C15H17NO6/c1-9(10-7-5-4-6-8-10)16-11(13(17)20-2)12(14(18)21-3)22-15(16)19/h4-9,11-12H,1-3H3. The van der Waals surface area contributed by atoms with Gasteiger partial charge in [-0.3, -0.25) is 4.90 Å². The van der Waals surface area contributed by atoms with E-state index in [4.69, 9.17) is 9.47 Å².